The first kappa shape index (κ1) is 23.9. The molecule has 2 fully saturated rings. The molecular formula is C24H23F3N4O5. The first-order valence-corrected chi connectivity index (χ1v) is 11.3. The number of rotatable bonds is 7. The Balaban J connectivity index is 1.20. The fourth-order valence-electron chi connectivity index (χ4n) is 4.22. The monoisotopic (exact) mass is 504 g/mol. The van der Waals surface area contributed by atoms with Crippen molar-refractivity contribution in [2.24, 2.45) is 0 Å². The maximum atomic E-state index is 13.0. The molecule has 2 aliphatic rings. The van der Waals surface area contributed by atoms with Crippen LogP contribution in [0, 0.1) is 0 Å². The summed E-state index contributed by atoms with van der Waals surface area (Å²) in [5, 5.41) is 11.2. The lowest BCUT2D eigenvalue weighted by molar-refractivity contribution is -0.154. The van der Waals surface area contributed by atoms with E-state index in [1.54, 1.807) is 14.4 Å². The summed E-state index contributed by atoms with van der Waals surface area (Å²) in [5.74, 6) is -0.243. The second kappa shape index (κ2) is 9.34. The highest BCUT2D eigenvalue weighted by atomic mass is 19.4. The second-order valence-corrected chi connectivity index (χ2v) is 8.82. The minimum absolute atomic E-state index is 0.0648. The van der Waals surface area contributed by atoms with E-state index in [1.807, 2.05) is 30.6 Å². The minimum Gasteiger partial charge on any atom is -0.479 e. The number of aliphatic hydroxyl groups is 1. The number of benzene rings is 1. The van der Waals surface area contributed by atoms with Crippen LogP contribution < -0.4 is 14.4 Å². The molecule has 1 atom stereocenters. The standard InChI is InChI=1S/C24H23F3N4O5/c25-24(26,27)14-35-21-4-3-19(8-28-21)36-20-5-6-31(23(20)34)17-2-1-15-9-29(10-16(15)7-17)13-22(33)30-11-18(32)12-30/h1-4,7-10,18,20,32H,5-6,11-14H2/t20-/m1/s1. The molecule has 1 aromatic carbocycles. The van der Waals surface area contributed by atoms with Gasteiger partial charge in [0.15, 0.2) is 12.7 Å². The van der Waals surface area contributed by atoms with Gasteiger partial charge >= 0.3 is 6.18 Å². The zero-order valence-electron chi connectivity index (χ0n) is 19.0. The van der Waals surface area contributed by atoms with E-state index in [-0.39, 0.29) is 30.0 Å². The zero-order valence-corrected chi connectivity index (χ0v) is 19.0. The summed E-state index contributed by atoms with van der Waals surface area (Å²) in [6, 6.07) is 8.24. The molecule has 36 heavy (non-hydrogen) atoms. The van der Waals surface area contributed by atoms with E-state index < -0.39 is 25.0 Å². The van der Waals surface area contributed by atoms with Gasteiger partial charge in [0.25, 0.3) is 5.91 Å². The number of ether oxygens (including phenoxy) is 2. The third-order valence-corrected chi connectivity index (χ3v) is 6.05. The van der Waals surface area contributed by atoms with Crippen molar-refractivity contribution in [3.8, 4) is 11.6 Å². The Labute approximate surface area is 203 Å². The van der Waals surface area contributed by atoms with E-state index in [0.717, 1.165) is 10.8 Å². The molecule has 2 aliphatic heterocycles. The number of carbonyl (C=O) groups is 2. The molecule has 12 heteroatoms. The van der Waals surface area contributed by atoms with Crippen molar-refractivity contribution in [1.82, 2.24) is 14.5 Å². The number of fused-ring (bicyclic) bond motifs is 1. The molecule has 0 spiro atoms. The number of hydrogen-bond donors (Lipinski definition) is 1. The van der Waals surface area contributed by atoms with Crippen molar-refractivity contribution >= 4 is 28.3 Å². The minimum atomic E-state index is -4.46. The SMILES string of the molecule is O=C(Cn1cc2ccc(N3CC[C@@H](Oc4ccc(OCC(F)(F)F)nc4)C3=O)cc2c1)N1CC(O)C1. The highest BCUT2D eigenvalue weighted by molar-refractivity contribution is 6.00. The van der Waals surface area contributed by atoms with Gasteiger partial charge in [0.05, 0.1) is 12.3 Å². The van der Waals surface area contributed by atoms with Crippen LogP contribution in [0.4, 0.5) is 18.9 Å². The number of pyridine rings is 1. The topological polar surface area (TPSA) is 97.1 Å². The smallest absolute Gasteiger partial charge is 0.422 e. The molecule has 190 valence electrons. The maximum absolute atomic E-state index is 13.0. The fourth-order valence-corrected chi connectivity index (χ4v) is 4.22. The Bertz CT molecular complexity index is 1270. The average molecular weight is 504 g/mol. The molecule has 2 amide bonds. The lowest BCUT2D eigenvalue weighted by atomic mass is 10.2. The van der Waals surface area contributed by atoms with Gasteiger partial charge in [0, 0.05) is 55.6 Å². The Hall–Kier alpha value is -3.80. The van der Waals surface area contributed by atoms with Crippen LogP contribution in [0.1, 0.15) is 6.42 Å². The van der Waals surface area contributed by atoms with Crippen molar-refractivity contribution in [2.45, 2.75) is 31.3 Å². The number of alkyl halides is 3. The first-order valence-electron chi connectivity index (χ1n) is 11.3. The molecule has 0 radical (unpaired) electrons. The number of β-amino-alcohol motifs (C(OH)–C–C–N with tert-alkyl or cyclic N) is 1. The van der Waals surface area contributed by atoms with E-state index in [1.165, 1.54) is 18.3 Å². The fraction of sp³-hybridized carbons (Fsp3) is 0.375. The van der Waals surface area contributed by atoms with Crippen LogP contribution in [0.15, 0.2) is 48.9 Å². The lowest BCUT2D eigenvalue weighted by Gasteiger charge is -2.35. The lowest BCUT2D eigenvalue weighted by Crippen LogP contribution is -2.54. The van der Waals surface area contributed by atoms with Gasteiger partial charge in [0.1, 0.15) is 12.3 Å². The summed E-state index contributed by atoms with van der Waals surface area (Å²) in [6.07, 6.45) is -0.301. The Morgan fingerprint density at radius 2 is 1.92 bits per heavy atom. The summed E-state index contributed by atoms with van der Waals surface area (Å²) in [5.41, 5.74) is 0.697. The van der Waals surface area contributed by atoms with Gasteiger partial charge in [-0.3, -0.25) is 9.59 Å². The van der Waals surface area contributed by atoms with Crippen LogP contribution in [-0.4, -0.2) is 76.0 Å². The molecule has 2 aromatic heterocycles. The van der Waals surface area contributed by atoms with Crippen molar-refractivity contribution in [3.05, 3.63) is 48.9 Å². The number of likely N-dealkylation sites (tertiary alicyclic amines) is 1. The van der Waals surface area contributed by atoms with Crippen molar-refractivity contribution in [2.75, 3.05) is 31.1 Å². The van der Waals surface area contributed by atoms with E-state index >= 15 is 0 Å². The summed E-state index contributed by atoms with van der Waals surface area (Å²) in [4.78, 5) is 32.3. The number of aromatic nitrogens is 2. The van der Waals surface area contributed by atoms with Crippen LogP contribution in [0.3, 0.4) is 0 Å². The summed E-state index contributed by atoms with van der Waals surface area (Å²) in [6.45, 7) is -0.121. The molecule has 5 rings (SSSR count). The number of carbonyl (C=O) groups excluding carboxylic acids is 2. The highest BCUT2D eigenvalue weighted by Gasteiger charge is 2.35. The van der Waals surface area contributed by atoms with Crippen LogP contribution in [0.5, 0.6) is 11.6 Å². The molecule has 2 saturated heterocycles. The third-order valence-electron chi connectivity index (χ3n) is 6.05. The second-order valence-electron chi connectivity index (χ2n) is 8.82. The third kappa shape index (κ3) is 5.23. The zero-order chi connectivity index (χ0) is 25.4. The van der Waals surface area contributed by atoms with E-state index in [0.29, 0.717) is 31.7 Å². The predicted octanol–water partition coefficient (Wildman–Crippen LogP) is 2.36. The number of aliphatic hydroxyl groups excluding tert-OH is 1. The van der Waals surface area contributed by atoms with Gasteiger partial charge in [-0.05, 0) is 23.6 Å². The molecule has 3 aromatic rings. The molecular weight excluding hydrogens is 481 g/mol. The van der Waals surface area contributed by atoms with Crippen molar-refractivity contribution in [1.29, 1.82) is 0 Å². The Kier molecular flexibility index (Phi) is 6.20. The maximum Gasteiger partial charge on any atom is 0.422 e. The van der Waals surface area contributed by atoms with Crippen LogP contribution in [-0.2, 0) is 16.1 Å². The van der Waals surface area contributed by atoms with Gasteiger partial charge in [-0.1, -0.05) is 6.07 Å². The number of amides is 2. The molecule has 9 nitrogen and oxygen atoms in total. The highest BCUT2D eigenvalue weighted by Crippen LogP contribution is 2.29. The van der Waals surface area contributed by atoms with E-state index in [4.69, 9.17) is 4.74 Å². The van der Waals surface area contributed by atoms with Crippen molar-refractivity contribution < 1.29 is 37.3 Å². The largest absolute Gasteiger partial charge is 0.479 e. The molecule has 0 saturated carbocycles. The van der Waals surface area contributed by atoms with Gasteiger partial charge in [-0.2, -0.15) is 13.2 Å². The molecule has 0 unspecified atom stereocenters. The quantitative estimate of drug-likeness (QED) is 0.531. The molecule has 1 N–H and O–H groups in total. The summed E-state index contributed by atoms with van der Waals surface area (Å²) >= 11 is 0. The van der Waals surface area contributed by atoms with Gasteiger partial charge < -0.3 is 28.9 Å². The Morgan fingerprint density at radius 1 is 1.14 bits per heavy atom. The number of nitrogens with zero attached hydrogens (tertiary/aromatic N) is 4. The predicted molar refractivity (Wildman–Crippen MR) is 122 cm³/mol. The summed E-state index contributed by atoms with van der Waals surface area (Å²) < 4.78 is 48.9. The number of hydrogen-bond acceptors (Lipinski definition) is 6. The normalized spacial score (nSPS) is 18.6. The van der Waals surface area contributed by atoms with Crippen molar-refractivity contribution in [3.63, 3.8) is 0 Å². The first-order chi connectivity index (χ1) is 17.1. The summed E-state index contributed by atoms with van der Waals surface area (Å²) in [7, 11) is 0. The molecule has 4 heterocycles. The van der Waals surface area contributed by atoms with E-state index in [2.05, 4.69) is 9.72 Å². The van der Waals surface area contributed by atoms with Gasteiger partial charge in [-0.25, -0.2) is 4.98 Å². The van der Waals surface area contributed by atoms with Crippen LogP contribution >= 0.6 is 0 Å². The number of halogens is 3. The van der Waals surface area contributed by atoms with Crippen LogP contribution in [0.25, 0.3) is 10.8 Å². The Morgan fingerprint density at radius 3 is 2.61 bits per heavy atom. The van der Waals surface area contributed by atoms with E-state index in [9.17, 15) is 27.9 Å². The van der Waals surface area contributed by atoms with Gasteiger partial charge in [0.2, 0.25) is 11.8 Å². The van der Waals surface area contributed by atoms with Crippen LogP contribution in [0.2, 0.25) is 0 Å². The molecule has 0 aliphatic carbocycles. The number of anilines is 1. The molecule has 0 bridgehead atoms. The average Bonchev–Trinajstić information content (AvgIpc) is 3.38. The van der Waals surface area contributed by atoms with Gasteiger partial charge in [-0.15, -0.1) is 0 Å².